The van der Waals surface area contributed by atoms with Gasteiger partial charge in [0.15, 0.2) is 0 Å². The third-order valence-electron chi connectivity index (χ3n) is 2.69. The van der Waals surface area contributed by atoms with Crippen LogP contribution in [0, 0.1) is 0 Å². The van der Waals surface area contributed by atoms with Gasteiger partial charge < -0.3 is 9.84 Å². The second-order valence-corrected chi connectivity index (χ2v) is 3.70. The molecule has 0 radical (unpaired) electrons. The summed E-state index contributed by atoms with van der Waals surface area (Å²) in [5.41, 5.74) is 1.15. The molecule has 0 unspecified atom stereocenters. The molecule has 1 rings (SSSR count). The zero-order chi connectivity index (χ0) is 11.3. The number of allylic oxidation sites excluding steroid dienone is 1. The Morgan fingerprint density at radius 2 is 1.87 bits per heavy atom. The van der Waals surface area contributed by atoms with Crippen LogP contribution in [0.4, 0.5) is 0 Å². The van der Waals surface area contributed by atoms with Gasteiger partial charge in [-0.3, -0.25) is 4.79 Å². The predicted octanol–water partition coefficient (Wildman–Crippen LogP) is 1.89. The van der Waals surface area contributed by atoms with E-state index in [1.54, 1.807) is 0 Å². The summed E-state index contributed by atoms with van der Waals surface area (Å²) in [4.78, 5) is 22.0. The van der Waals surface area contributed by atoms with Gasteiger partial charge in [-0.2, -0.15) is 0 Å². The number of ether oxygens (including phenoxy) is 1. The molecule has 15 heavy (non-hydrogen) atoms. The number of methoxy groups -OCH3 is 1. The maximum absolute atomic E-state index is 11.0. The van der Waals surface area contributed by atoms with Crippen LogP contribution in [0.5, 0.6) is 0 Å². The summed E-state index contributed by atoms with van der Waals surface area (Å²) in [6.45, 7) is 0. The van der Waals surface area contributed by atoms with Gasteiger partial charge in [0, 0.05) is 5.57 Å². The van der Waals surface area contributed by atoms with Crippen molar-refractivity contribution in [1.29, 1.82) is 0 Å². The number of carboxylic acid groups (broad SMARTS) is 1. The van der Waals surface area contributed by atoms with Crippen molar-refractivity contribution in [3.8, 4) is 0 Å². The standard InChI is InChI=1S/C11H16O4/c1-15-10(12)7-9(11(13)14)8-5-3-2-4-6-8/h2-7H2,1H3,(H,13,14). The Hall–Kier alpha value is -1.32. The largest absolute Gasteiger partial charge is 0.478 e. The summed E-state index contributed by atoms with van der Waals surface area (Å²) >= 11 is 0. The van der Waals surface area contributed by atoms with E-state index in [1.165, 1.54) is 7.11 Å². The van der Waals surface area contributed by atoms with Crippen LogP contribution >= 0.6 is 0 Å². The lowest BCUT2D eigenvalue weighted by molar-refractivity contribution is -0.142. The lowest BCUT2D eigenvalue weighted by atomic mass is 9.90. The van der Waals surface area contributed by atoms with E-state index in [-0.39, 0.29) is 12.0 Å². The van der Waals surface area contributed by atoms with Gasteiger partial charge in [0.1, 0.15) is 0 Å². The molecule has 0 heterocycles. The van der Waals surface area contributed by atoms with Gasteiger partial charge in [0.2, 0.25) is 0 Å². The molecular weight excluding hydrogens is 196 g/mol. The molecule has 0 saturated heterocycles. The fraction of sp³-hybridized carbons (Fsp3) is 0.636. The van der Waals surface area contributed by atoms with Crippen LogP contribution in [-0.2, 0) is 14.3 Å². The maximum Gasteiger partial charge on any atom is 0.332 e. The highest BCUT2D eigenvalue weighted by Gasteiger charge is 2.19. The normalized spacial score (nSPS) is 15.9. The Bertz CT molecular complexity index is 283. The van der Waals surface area contributed by atoms with Crippen molar-refractivity contribution in [2.45, 2.75) is 38.5 Å². The fourth-order valence-electron chi connectivity index (χ4n) is 1.85. The van der Waals surface area contributed by atoms with Crippen LogP contribution < -0.4 is 0 Å². The van der Waals surface area contributed by atoms with Crippen LogP contribution in [0.25, 0.3) is 0 Å². The quantitative estimate of drug-likeness (QED) is 0.573. The Morgan fingerprint density at radius 1 is 1.27 bits per heavy atom. The van der Waals surface area contributed by atoms with Crippen molar-refractivity contribution >= 4 is 11.9 Å². The molecule has 0 atom stereocenters. The van der Waals surface area contributed by atoms with Gasteiger partial charge in [-0.15, -0.1) is 0 Å². The van der Waals surface area contributed by atoms with Gasteiger partial charge in [0.05, 0.1) is 13.5 Å². The van der Waals surface area contributed by atoms with E-state index in [4.69, 9.17) is 5.11 Å². The molecule has 0 bridgehead atoms. The predicted molar refractivity (Wildman–Crippen MR) is 54.4 cm³/mol. The van der Waals surface area contributed by atoms with E-state index in [1.807, 2.05) is 0 Å². The summed E-state index contributed by atoms with van der Waals surface area (Å²) < 4.78 is 4.49. The average Bonchev–Trinajstić information content (AvgIpc) is 2.26. The Labute approximate surface area is 88.9 Å². The summed E-state index contributed by atoms with van der Waals surface area (Å²) in [6.07, 6.45) is 4.69. The second kappa shape index (κ2) is 5.53. The number of esters is 1. The Morgan fingerprint density at radius 3 is 2.33 bits per heavy atom. The molecule has 1 saturated carbocycles. The van der Waals surface area contributed by atoms with Crippen LogP contribution in [0.15, 0.2) is 11.1 Å². The van der Waals surface area contributed by atoms with Gasteiger partial charge >= 0.3 is 11.9 Å². The topological polar surface area (TPSA) is 63.6 Å². The third kappa shape index (κ3) is 3.38. The minimum absolute atomic E-state index is 0.110. The molecule has 0 amide bonds. The molecule has 0 spiro atoms. The Kier molecular flexibility index (Phi) is 4.34. The first-order valence-corrected chi connectivity index (χ1v) is 5.16. The van der Waals surface area contributed by atoms with E-state index in [2.05, 4.69) is 4.74 Å². The Balaban J connectivity index is 2.79. The highest BCUT2D eigenvalue weighted by atomic mass is 16.5. The molecule has 0 aromatic heterocycles. The molecule has 0 aromatic carbocycles. The minimum Gasteiger partial charge on any atom is -0.478 e. The van der Waals surface area contributed by atoms with Gasteiger partial charge in [-0.1, -0.05) is 12.0 Å². The number of carbonyl (C=O) groups is 2. The molecule has 4 nitrogen and oxygen atoms in total. The summed E-state index contributed by atoms with van der Waals surface area (Å²) in [7, 11) is 1.27. The smallest absolute Gasteiger partial charge is 0.332 e. The van der Waals surface area contributed by atoms with Gasteiger partial charge in [0.25, 0.3) is 0 Å². The molecule has 1 N–H and O–H groups in total. The van der Waals surface area contributed by atoms with E-state index in [0.29, 0.717) is 0 Å². The molecule has 1 aliphatic carbocycles. The van der Waals surface area contributed by atoms with Crippen molar-refractivity contribution < 1.29 is 19.4 Å². The SMILES string of the molecule is COC(=O)CC(C(=O)O)=C1CCCCC1. The number of hydrogen-bond acceptors (Lipinski definition) is 3. The van der Waals surface area contributed by atoms with E-state index >= 15 is 0 Å². The molecule has 1 fully saturated rings. The van der Waals surface area contributed by atoms with Crippen molar-refractivity contribution in [1.82, 2.24) is 0 Å². The van der Waals surface area contributed by atoms with Crippen LogP contribution in [0.2, 0.25) is 0 Å². The van der Waals surface area contributed by atoms with Crippen LogP contribution in [0.3, 0.4) is 0 Å². The molecule has 1 aliphatic rings. The monoisotopic (exact) mass is 212 g/mol. The number of rotatable bonds is 3. The molecule has 4 heteroatoms. The summed E-state index contributed by atoms with van der Waals surface area (Å²) in [6, 6.07) is 0. The van der Waals surface area contributed by atoms with Crippen molar-refractivity contribution in [2.75, 3.05) is 7.11 Å². The average molecular weight is 212 g/mol. The summed E-state index contributed by atoms with van der Waals surface area (Å²) in [5, 5.41) is 9.00. The molecular formula is C11H16O4. The van der Waals surface area contributed by atoms with Gasteiger partial charge in [-0.25, -0.2) is 4.79 Å². The van der Waals surface area contributed by atoms with E-state index < -0.39 is 11.9 Å². The number of hydrogen-bond donors (Lipinski definition) is 1. The van der Waals surface area contributed by atoms with Crippen molar-refractivity contribution in [3.05, 3.63) is 11.1 Å². The molecule has 84 valence electrons. The third-order valence-corrected chi connectivity index (χ3v) is 2.69. The molecule has 0 aliphatic heterocycles. The fourth-order valence-corrected chi connectivity index (χ4v) is 1.85. The lowest BCUT2D eigenvalue weighted by Crippen LogP contribution is -2.13. The zero-order valence-corrected chi connectivity index (χ0v) is 8.91. The lowest BCUT2D eigenvalue weighted by Gasteiger charge is -2.16. The first-order chi connectivity index (χ1) is 7.15. The van der Waals surface area contributed by atoms with Crippen molar-refractivity contribution in [3.63, 3.8) is 0 Å². The van der Waals surface area contributed by atoms with E-state index in [9.17, 15) is 9.59 Å². The number of carboxylic acids is 1. The minimum atomic E-state index is -0.989. The second-order valence-electron chi connectivity index (χ2n) is 3.70. The van der Waals surface area contributed by atoms with Crippen LogP contribution in [0.1, 0.15) is 38.5 Å². The highest BCUT2D eigenvalue weighted by Crippen LogP contribution is 2.27. The first-order valence-electron chi connectivity index (χ1n) is 5.16. The van der Waals surface area contributed by atoms with Crippen LogP contribution in [-0.4, -0.2) is 24.2 Å². The zero-order valence-electron chi connectivity index (χ0n) is 8.91. The molecule has 0 aromatic rings. The first kappa shape index (κ1) is 11.8. The highest BCUT2D eigenvalue weighted by molar-refractivity contribution is 5.93. The van der Waals surface area contributed by atoms with E-state index in [0.717, 1.165) is 37.7 Å². The summed E-state index contributed by atoms with van der Waals surface area (Å²) in [5.74, 6) is -1.47. The van der Waals surface area contributed by atoms with Crippen molar-refractivity contribution in [2.24, 2.45) is 0 Å². The van der Waals surface area contributed by atoms with Gasteiger partial charge in [-0.05, 0) is 25.7 Å². The maximum atomic E-state index is 11.0. The number of aliphatic carboxylic acids is 1. The number of carbonyl (C=O) groups excluding carboxylic acids is 1.